The largest absolute Gasteiger partial charge is 0.497 e. The van der Waals surface area contributed by atoms with Gasteiger partial charge >= 0.3 is 5.97 Å². The van der Waals surface area contributed by atoms with Gasteiger partial charge in [0.1, 0.15) is 11.5 Å². The number of aliphatic hydroxyl groups excluding tert-OH is 1. The number of carbonyl (C=O) groups excluding carboxylic acids is 1. The molecule has 1 aromatic carbocycles. The van der Waals surface area contributed by atoms with E-state index in [4.69, 9.17) is 9.47 Å². The van der Waals surface area contributed by atoms with Crippen molar-refractivity contribution in [3.63, 3.8) is 0 Å². The summed E-state index contributed by atoms with van der Waals surface area (Å²) in [4.78, 5) is 11.2. The number of ether oxygens (including phenoxy) is 3. The maximum atomic E-state index is 11.2. The van der Waals surface area contributed by atoms with Gasteiger partial charge in [0.05, 0.1) is 21.3 Å². The molecule has 0 amide bonds. The first-order chi connectivity index (χ1) is 7.62. The monoisotopic (exact) mass is 226 g/mol. The minimum atomic E-state index is -1.34. The van der Waals surface area contributed by atoms with E-state index in [0.29, 0.717) is 17.1 Å². The molecule has 0 radical (unpaired) electrons. The van der Waals surface area contributed by atoms with Crippen LogP contribution in [0.2, 0.25) is 0 Å². The number of hydrogen-bond acceptors (Lipinski definition) is 5. The molecule has 16 heavy (non-hydrogen) atoms. The summed E-state index contributed by atoms with van der Waals surface area (Å²) in [5.74, 6) is 0.268. The molecule has 1 unspecified atom stereocenters. The predicted octanol–water partition coefficient (Wildman–Crippen LogP) is 0.910. The van der Waals surface area contributed by atoms with Crippen molar-refractivity contribution >= 4 is 5.97 Å². The highest BCUT2D eigenvalue weighted by Crippen LogP contribution is 2.26. The minimum absolute atomic E-state index is 0.364. The molecule has 1 aromatic rings. The van der Waals surface area contributed by atoms with Crippen molar-refractivity contribution in [1.29, 1.82) is 0 Å². The summed E-state index contributed by atoms with van der Waals surface area (Å²) >= 11 is 0. The smallest absolute Gasteiger partial charge is 0.339 e. The van der Waals surface area contributed by atoms with Crippen molar-refractivity contribution in [3.8, 4) is 11.5 Å². The van der Waals surface area contributed by atoms with Crippen molar-refractivity contribution in [2.75, 3.05) is 21.3 Å². The second kappa shape index (κ2) is 5.37. The van der Waals surface area contributed by atoms with Crippen LogP contribution in [0.1, 0.15) is 11.7 Å². The second-order valence-electron chi connectivity index (χ2n) is 3.07. The Balaban J connectivity index is 3.07. The summed E-state index contributed by atoms with van der Waals surface area (Å²) in [6.45, 7) is 0. The molecule has 0 saturated carbocycles. The van der Waals surface area contributed by atoms with Crippen LogP contribution in [-0.2, 0) is 9.53 Å². The Morgan fingerprint density at radius 1 is 1.12 bits per heavy atom. The molecule has 0 saturated heterocycles. The average molecular weight is 226 g/mol. The zero-order chi connectivity index (χ0) is 12.1. The standard InChI is InChI=1S/C11H14O5/c1-14-8-4-7(5-9(6-8)15-2)10(12)11(13)16-3/h4-6,10,12H,1-3H3. The van der Waals surface area contributed by atoms with E-state index in [1.165, 1.54) is 21.3 Å². The lowest BCUT2D eigenvalue weighted by Crippen LogP contribution is -2.13. The van der Waals surface area contributed by atoms with Crippen molar-refractivity contribution in [1.82, 2.24) is 0 Å². The zero-order valence-corrected chi connectivity index (χ0v) is 9.39. The van der Waals surface area contributed by atoms with Gasteiger partial charge in [-0.05, 0) is 17.7 Å². The highest BCUT2D eigenvalue weighted by atomic mass is 16.5. The lowest BCUT2D eigenvalue weighted by molar-refractivity contribution is -0.150. The summed E-state index contributed by atoms with van der Waals surface area (Å²) in [5.41, 5.74) is 0.364. The molecule has 5 heteroatoms. The van der Waals surface area contributed by atoms with Gasteiger partial charge in [-0.3, -0.25) is 0 Å². The number of esters is 1. The van der Waals surface area contributed by atoms with Gasteiger partial charge in [-0.15, -0.1) is 0 Å². The normalized spacial score (nSPS) is 11.8. The first-order valence-electron chi connectivity index (χ1n) is 4.61. The zero-order valence-electron chi connectivity index (χ0n) is 9.39. The summed E-state index contributed by atoms with van der Waals surface area (Å²) in [5, 5.41) is 9.64. The Labute approximate surface area is 93.6 Å². The lowest BCUT2D eigenvalue weighted by Gasteiger charge is -2.11. The Bertz CT molecular complexity index is 352. The Hall–Kier alpha value is -1.75. The molecular weight excluding hydrogens is 212 g/mol. The molecular formula is C11H14O5. The number of carbonyl (C=O) groups is 1. The lowest BCUT2D eigenvalue weighted by atomic mass is 10.1. The SMILES string of the molecule is COC(=O)C(O)c1cc(OC)cc(OC)c1. The van der Waals surface area contributed by atoms with Crippen molar-refractivity contribution in [2.45, 2.75) is 6.10 Å². The van der Waals surface area contributed by atoms with Gasteiger partial charge in [-0.2, -0.15) is 0 Å². The number of aliphatic hydroxyl groups is 1. The number of benzene rings is 1. The molecule has 0 aromatic heterocycles. The van der Waals surface area contributed by atoms with Crippen LogP contribution in [0, 0.1) is 0 Å². The molecule has 1 N–H and O–H groups in total. The third-order valence-corrected chi connectivity index (χ3v) is 2.11. The molecule has 0 spiro atoms. The van der Waals surface area contributed by atoms with Crippen LogP contribution in [0.3, 0.4) is 0 Å². The molecule has 0 fully saturated rings. The minimum Gasteiger partial charge on any atom is -0.497 e. The fraction of sp³-hybridized carbons (Fsp3) is 0.364. The topological polar surface area (TPSA) is 65.0 Å². The van der Waals surface area contributed by atoms with Crippen LogP contribution in [-0.4, -0.2) is 32.4 Å². The Morgan fingerprint density at radius 3 is 2.00 bits per heavy atom. The summed E-state index contributed by atoms with van der Waals surface area (Å²) in [7, 11) is 4.19. The molecule has 0 aliphatic heterocycles. The maximum Gasteiger partial charge on any atom is 0.339 e. The van der Waals surface area contributed by atoms with E-state index < -0.39 is 12.1 Å². The van der Waals surface area contributed by atoms with Crippen LogP contribution in [0.25, 0.3) is 0 Å². The summed E-state index contributed by atoms with van der Waals surface area (Å²) < 4.78 is 14.5. The third-order valence-electron chi connectivity index (χ3n) is 2.11. The highest BCUT2D eigenvalue weighted by Gasteiger charge is 2.19. The van der Waals surface area contributed by atoms with Gasteiger partial charge in [0.2, 0.25) is 0 Å². The quantitative estimate of drug-likeness (QED) is 0.773. The van der Waals surface area contributed by atoms with Gasteiger partial charge in [-0.25, -0.2) is 4.79 Å². The van der Waals surface area contributed by atoms with Crippen molar-refractivity contribution in [2.24, 2.45) is 0 Å². The van der Waals surface area contributed by atoms with E-state index in [1.54, 1.807) is 18.2 Å². The van der Waals surface area contributed by atoms with E-state index in [-0.39, 0.29) is 0 Å². The van der Waals surface area contributed by atoms with E-state index in [0.717, 1.165) is 0 Å². The number of methoxy groups -OCH3 is 3. The summed E-state index contributed by atoms with van der Waals surface area (Å²) in [6.07, 6.45) is -1.34. The van der Waals surface area contributed by atoms with E-state index in [9.17, 15) is 9.90 Å². The van der Waals surface area contributed by atoms with Crippen LogP contribution in [0.15, 0.2) is 18.2 Å². The molecule has 1 atom stereocenters. The highest BCUT2D eigenvalue weighted by molar-refractivity contribution is 5.76. The van der Waals surface area contributed by atoms with E-state index in [2.05, 4.69) is 4.74 Å². The number of rotatable bonds is 4. The first-order valence-corrected chi connectivity index (χ1v) is 4.61. The first kappa shape index (κ1) is 12.3. The van der Waals surface area contributed by atoms with Gasteiger partial charge in [-0.1, -0.05) is 0 Å². The second-order valence-corrected chi connectivity index (χ2v) is 3.07. The van der Waals surface area contributed by atoms with Crippen LogP contribution in [0.4, 0.5) is 0 Å². The number of hydrogen-bond donors (Lipinski definition) is 1. The average Bonchev–Trinajstić information content (AvgIpc) is 2.35. The van der Waals surface area contributed by atoms with Crippen molar-refractivity contribution in [3.05, 3.63) is 23.8 Å². The predicted molar refractivity (Wildman–Crippen MR) is 56.5 cm³/mol. The van der Waals surface area contributed by atoms with Gasteiger partial charge in [0.15, 0.2) is 6.10 Å². The Morgan fingerprint density at radius 2 is 1.62 bits per heavy atom. The fourth-order valence-corrected chi connectivity index (χ4v) is 1.24. The van der Waals surface area contributed by atoms with Gasteiger partial charge in [0.25, 0.3) is 0 Å². The van der Waals surface area contributed by atoms with Crippen LogP contribution < -0.4 is 9.47 Å². The molecule has 88 valence electrons. The third kappa shape index (κ3) is 2.64. The maximum absolute atomic E-state index is 11.2. The van der Waals surface area contributed by atoms with E-state index in [1.807, 2.05) is 0 Å². The molecule has 5 nitrogen and oxygen atoms in total. The summed E-state index contributed by atoms with van der Waals surface area (Å²) in [6, 6.07) is 4.74. The van der Waals surface area contributed by atoms with Crippen molar-refractivity contribution < 1.29 is 24.1 Å². The van der Waals surface area contributed by atoms with Crippen LogP contribution in [0.5, 0.6) is 11.5 Å². The van der Waals surface area contributed by atoms with Gasteiger partial charge in [0, 0.05) is 6.07 Å². The Kier molecular flexibility index (Phi) is 4.13. The molecule has 0 heterocycles. The molecule has 0 aliphatic rings. The fourth-order valence-electron chi connectivity index (χ4n) is 1.24. The molecule has 1 rings (SSSR count). The van der Waals surface area contributed by atoms with Gasteiger partial charge < -0.3 is 19.3 Å². The van der Waals surface area contributed by atoms with Crippen LogP contribution >= 0.6 is 0 Å². The molecule has 0 bridgehead atoms. The molecule has 0 aliphatic carbocycles. The van der Waals surface area contributed by atoms with E-state index >= 15 is 0 Å².